The molecule has 0 heterocycles. The molecule has 3 nitrogen and oxygen atoms in total. The third-order valence-electron chi connectivity index (χ3n) is 3.92. The fraction of sp³-hybridized carbons (Fsp3) is 0.917. The zero-order chi connectivity index (χ0) is 10.8. The van der Waals surface area contributed by atoms with E-state index in [2.05, 4.69) is 0 Å². The Labute approximate surface area is 92.0 Å². The first-order chi connectivity index (χ1) is 7.15. The van der Waals surface area contributed by atoms with Gasteiger partial charge in [-0.3, -0.25) is 4.79 Å². The Morgan fingerprint density at radius 3 is 2.47 bits per heavy atom. The third-order valence-corrected chi connectivity index (χ3v) is 3.92. The summed E-state index contributed by atoms with van der Waals surface area (Å²) in [5, 5.41) is 0. The van der Waals surface area contributed by atoms with Gasteiger partial charge in [-0.1, -0.05) is 6.42 Å². The molecule has 0 aromatic heterocycles. The number of amides is 1. The average molecular weight is 210 g/mol. The minimum absolute atomic E-state index is 0.333. The minimum atomic E-state index is 0.333. The number of hydrogen-bond acceptors (Lipinski definition) is 2. The van der Waals surface area contributed by atoms with E-state index in [0.29, 0.717) is 23.8 Å². The SMILES string of the molecule is CN(CC1CC(N)C1)C(=O)CC1CCC1. The summed E-state index contributed by atoms with van der Waals surface area (Å²) in [5.74, 6) is 1.68. The highest BCUT2D eigenvalue weighted by atomic mass is 16.2. The molecule has 0 aliphatic heterocycles. The van der Waals surface area contributed by atoms with Crippen LogP contribution >= 0.6 is 0 Å². The van der Waals surface area contributed by atoms with Gasteiger partial charge in [0.1, 0.15) is 0 Å². The largest absolute Gasteiger partial charge is 0.345 e. The van der Waals surface area contributed by atoms with Crippen LogP contribution in [-0.2, 0) is 4.79 Å². The van der Waals surface area contributed by atoms with Crippen molar-refractivity contribution < 1.29 is 4.79 Å². The molecule has 0 saturated heterocycles. The van der Waals surface area contributed by atoms with Crippen molar-refractivity contribution in [1.29, 1.82) is 0 Å². The summed E-state index contributed by atoms with van der Waals surface area (Å²) in [6, 6.07) is 0.394. The van der Waals surface area contributed by atoms with E-state index in [4.69, 9.17) is 5.73 Å². The molecule has 2 fully saturated rings. The first kappa shape index (κ1) is 10.9. The van der Waals surface area contributed by atoms with Crippen LogP contribution in [0.2, 0.25) is 0 Å². The first-order valence-electron chi connectivity index (χ1n) is 6.14. The van der Waals surface area contributed by atoms with Crippen LogP contribution in [0.15, 0.2) is 0 Å². The highest BCUT2D eigenvalue weighted by Crippen LogP contribution is 2.30. The fourth-order valence-corrected chi connectivity index (χ4v) is 2.53. The number of carbonyl (C=O) groups is 1. The molecule has 1 amide bonds. The van der Waals surface area contributed by atoms with Gasteiger partial charge < -0.3 is 10.6 Å². The predicted molar refractivity (Wildman–Crippen MR) is 60.3 cm³/mol. The molecular weight excluding hydrogens is 188 g/mol. The van der Waals surface area contributed by atoms with Crippen LogP contribution in [0.4, 0.5) is 0 Å². The molecule has 0 radical (unpaired) electrons. The van der Waals surface area contributed by atoms with Crippen LogP contribution in [0.3, 0.4) is 0 Å². The van der Waals surface area contributed by atoms with E-state index in [0.717, 1.165) is 25.8 Å². The predicted octanol–water partition coefficient (Wildman–Crippen LogP) is 1.37. The molecular formula is C12H22N2O. The van der Waals surface area contributed by atoms with Gasteiger partial charge in [0.05, 0.1) is 0 Å². The van der Waals surface area contributed by atoms with E-state index >= 15 is 0 Å². The minimum Gasteiger partial charge on any atom is -0.345 e. The molecule has 0 aromatic carbocycles. The normalized spacial score (nSPS) is 30.5. The number of hydrogen-bond donors (Lipinski definition) is 1. The molecule has 15 heavy (non-hydrogen) atoms. The van der Waals surface area contributed by atoms with Crippen LogP contribution in [0.25, 0.3) is 0 Å². The second kappa shape index (κ2) is 4.52. The Hall–Kier alpha value is -0.570. The van der Waals surface area contributed by atoms with E-state index in [-0.39, 0.29) is 0 Å². The molecule has 86 valence electrons. The van der Waals surface area contributed by atoms with Crippen molar-refractivity contribution in [1.82, 2.24) is 4.90 Å². The number of nitrogens with two attached hydrogens (primary N) is 1. The van der Waals surface area contributed by atoms with E-state index in [1.807, 2.05) is 11.9 Å². The molecule has 0 bridgehead atoms. The van der Waals surface area contributed by atoms with Crippen LogP contribution in [-0.4, -0.2) is 30.4 Å². The Morgan fingerprint density at radius 1 is 1.33 bits per heavy atom. The molecule has 0 spiro atoms. The Bertz CT molecular complexity index is 232. The van der Waals surface area contributed by atoms with Gasteiger partial charge in [-0.25, -0.2) is 0 Å². The average Bonchev–Trinajstić information content (AvgIpc) is 2.08. The Balaban J connectivity index is 1.65. The number of nitrogens with zero attached hydrogens (tertiary/aromatic N) is 1. The molecule has 0 unspecified atom stereocenters. The van der Waals surface area contributed by atoms with Gasteiger partial charge in [0.25, 0.3) is 0 Å². The molecule has 2 rings (SSSR count). The van der Waals surface area contributed by atoms with E-state index < -0.39 is 0 Å². The van der Waals surface area contributed by atoms with Gasteiger partial charge in [0, 0.05) is 26.1 Å². The van der Waals surface area contributed by atoms with Crippen LogP contribution in [0, 0.1) is 11.8 Å². The smallest absolute Gasteiger partial charge is 0.222 e. The van der Waals surface area contributed by atoms with Crippen molar-refractivity contribution in [3.8, 4) is 0 Å². The van der Waals surface area contributed by atoms with Crippen molar-refractivity contribution in [2.75, 3.05) is 13.6 Å². The molecule has 2 aliphatic carbocycles. The summed E-state index contributed by atoms with van der Waals surface area (Å²) in [4.78, 5) is 13.7. The lowest BCUT2D eigenvalue weighted by Gasteiger charge is -2.36. The summed E-state index contributed by atoms with van der Waals surface area (Å²) in [7, 11) is 1.94. The Kier molecular flexibility index (Phi) is 3.29. The molecule has 2 saturated carbocycles. The maximum Gasteiger partial charge on any atom is 0.222 e. The topological polar surface area (TPSA) is 46.3 Å². The van der Waals surface area contributed by atoms with Crippen LogP contribution in [0.5, 0.6) is 0 Å². The molecule has 2 aliphatic rings. The zero-order valence-corrected chi connectivity index (χ0v) is 9.61. The zero-order valence-electron chi connectivity index (χ0n) is 9.61. The van der Waals surface area contributed by atoms with Crippen molar-refractivity contribution in [2.45, 2.75) is 44.6 Å². The molecule has 3 heteroatoms. The van der Waals surface area contributed by atoms with E-state index in [1.54, 1.807) is 0 Å². The summed E-state index contributed by atoms with van der Waals surface area (Å²) < 4.78 is 0. The van der Waals surface area contributed by atoms with Crippen molar-refractivity contribution in [2.24, 2.45) is 17.6 Å². The first-order valence-corrected chi connectivity index (χ1v) is 6.14. The summed E-state index contributed by atoms with van der Waals surface area (Å²) in [5.41, 5.74) is 5.73. The van der Waals surface area contributed by atoms with Gasteiger partial charge in [0.15, 0.2) is 0 Å². The Morgan fingerprint density at radius 2 is 2.00 bits per heavy atom. The maximum absolute atomic E-state index is 11.8. The monoisotopic (exact) mass is 210 g/mol. The van der Waals surface area contributed by atoms with Crippen molar-refractivity contribution >= 4 is 5.91 Å². The summed E-state index contributed by atoms with van der Waals surface area (Å²) in [6.45, 7) is 0.916. The highest BCUT2D eigenvalue weighted by molar-refractivity contribution is 5.76. The molecule has 0 aromatic rings. The quantitative estimate of drug-likeness (QED) is 0.762. The maximum atomic E-state index is 11.8. The lowest BCUT2D eigenvalue weighted by Crippen LogP contribution is -2.43. The fourth-order valence-electron chi connectivity index (χ4n) is 2.53. The van der Waals surface area contributed by atoms with Gasteiger partial charge >= 0.3 is 0 Å². The van der Waals surface area contributed by atoms with Gasteiger partial charge in [-0.2, -0.15) is 0 Å². The number of carbonyl (C=O) groups excluding carboxylic acids is 1. The number of rotatable bonds is 4. The lowest BCUT2D eigenvalue weighted by molar-refractivity contribution is -0.132. The summed E-state index contributed by atoms with van der Waals surface area (Å²) in [6.07, 6.45) is 6.80. The molecule has 2 N–H and O–H groups in total. The van der Waals surface area contributed by atoms with Crippen molar-refractivity contribution in [3.05, 3.63) is 0 Å². The van der Waals surface area contributed by atoms with E-state index in [9.17, 15) is 4.79 Å². The molecule has 0 atom stereocenters. The third kappa shape index (κ3) is 2.71. The van der Waals surface area contributed by atoms with Crippen LogP contribution in [0.1, 0.15) is 38.5 Å². The van der Waals surface area contributed by atoms with Gasteiger partial charge in [-0.05, 0) is 37.5 Å². The second-order valence-electron chi connectivity index (χ2n) is 5.37. The lowest BCUT2D eigenvalue weighted by atomic mass is 9.80. The highest BCUT2D eigenvalue weighted by Gasteiger charge is 2.29. The van der Waals surface area contributed by atoms with Crippen molar-refractivity contribution in [3.63, 3.8) is 0 Å². The summed E-state index contributed by atoms with van der Waals surface area (Å²) >= 11 is 0. The van der Waals surface area contributed by atoms with Gasteiger partial charge in [-0.15, -0.1) is 0 Å². The van der Waals surface area contributed by atoms with Gasteiger partial charge in [0.2, 0.25) is 5.91 Å². The standard InChI is InChI=1S/C12H22N2O/c1-14(8-10-5-11(13)6-10)12(15)7-9-3-2-4-9/h9-11H,2-8,13H2,1H3. The van der Waals surface area contributed by atoms with E-state index in [1.165, 1.54) is 19.3 Å². The second-order valence-corrected chi connectivity index (χ2v) is 5.37. The van der Waals surface area contributed by atoms with Crippen LogP contribution < -0.4 is 5.73 Å².